The summed E-state index contributed by atoms with van der Waals surface area (Å²) in [5.41, 5.74) is 0. The summed E-state index contributed by atoms with van der Waals surface area (Å²) < 4.78 is 0. The minimum atomic E-state index is 0.238. The van der Waals surface area contributed by atoms with Gasteiger partial charge in [0.2, 0.25) is 5.91 Å². The van der Waals surface area contributed by atoms with Crippen LogP contribution in [0.1, 0.15) is 34.1 Å². The van der Waals surface area contributed by atoms with E-state index < -0.39 is 0 Å². The lowest BCUT2D eigenvalue weighted by atomic mass is 9.90. The van der Waals surface area contributed by atoms with E-state index in [2.05, 4.69) is 19.6 Å². The molecule has 0 spiro atoms. The molecule has 16 heavy (non-hydrogen) atoms. The molecule has 2 nitrogen and oxygen atoms in total. The van der Waals surface area contributed by atoms with Gasteiger partial charge >= 0.3 is 0 Å². The van der Waals surface area contributed by atoms with E-state index in [0.29, 0.717) is 12.3 Å². The summed E-state index contributed by atoms with van der Waals surface area (Å²) in [6, 6.07) is 0. The van der Waals surface area contributed by atoms with E-state index in [-0.39, 0.29) is 11.8 Å². The van der Waals surface area contributed by atoms with Crippen LogP contribution in [0.2, 0.25) is 0 Å². The SMILES string of the molecule is C=CC(C)C(C=CC)CC(=O)N(CC)CC. The second-order valence-electron chi connectivity index (χ2n) is 4.05. The van der Waals surface area contributed by atoms with Crippen LogP contribution in [0, 0.1) is 11.8 Å². The predicted molar refractivity (Wildman–Crippen MR) is 70.2 cm³/mol. The molecular formula is C14H25NO. The monoisotopic (exact) mass is 223 g/mol. The Morgan fingerprint density at radius 2 is 1.94 bits per heavy atom. The highest BCUT2D eigenvalue weighted by molar-refractivity contribution is 5.76. The molecule has 0 N–H and O–H groups in total. The molecule has 0 saturated heterocycles. The van der Waals surface area contributed by atoms with Crippen LogP contribution in [-0.4, -0.2) is 23.9 Å². The largest absolute Gasteiger partial charge is 0.343 e. The molecule has 0 saturated carbocycles. The first kappa shape index (κ1) is 14.9. The van der Waals surface area contributed by atoms with Crippen molar-refractivity contribution in [1.82, 2.24) is 4.90 Å². The van der Waals surface area contributed by atoms with Crippen LogP contribution in [0.25, 0.3) is 0 Å². The van der Waals surface area contributed by atoms with Crippen LogP contribution in [0.4, 0.5) is 0 Å². The minimum Gasteiger partial charge on any atom is -0.343 e. The Labute approximate surface area is 100 Å². The van der Waals surface area contributed by atoms with Crippen LogP contribution in [0.3, 0.4) is 0 Å². The number of amides is 1. The second kappa shape index (κ2) is 8.14. The first-order valence-electron chi connectivity index (χ1n) is 6.13. The molecular weight excluding hydrogens is 198 g/mol. The Hall–Kier alpha value is -1.05. The zero-order valence-electron chi connectivity index (χ0n) is 11.1. The summed E-state index contributed by atoms with van der Waals surface area (Å²) in [6.45, 7) is 13.5. The molecule has 92 valence electrons. The Bertz CT molecular complexity index is 241. The lowest BCUT2D eigenvalue weighted by Crippen LogP contribution is -2.32. The van der Waals surface area contributed by atoms with Gasteiger partial charge in [-0.15, -0.1) is 6.58 Å². The van der Waals surface area contributed by atoms with Crippen LogP contribution < -0.4 is 0 Å². The van der Waals surface area contributed by atoms with Gasteiger partial charge in [-0.25, -0.2) is 0 Å². The Morgan fingerprint density at radius 1 is 1.38 bits per heavy atom. The third kappa shape index (κ3) is 4.65. The van der Waals surface area contributed by atoms with Crippen molar-refractivity contribution in [2.75, 3.05) is 13.1 Å². The van der Waals surface area contributed by atoms with Gasteiger partial charge in [-0.2, -0.15) is 0 Å². The molecule has 0 aliphatic rings. The molecule has 2 heteroatoms. The molecule has 0 aromatic heterocycles. The Balaban J connectivity index is 4.50. The fourth-order valence-electron chi connectivity index (χ4n) is 1.76. The van der Waals surface area contributed by atoms with Crippen molar-refractivity contribution in [1.29, 1.82) is 0 Å². The number of hydrogen-bond donors (Lipinski definition) is 0. The Morgan fingerprint density at radius 3 is 2.31 bits per heavy atom. The highest BCUT2D eigenvalue weighted by Gasteiger charge is 2.18. The number of carbonyl (C=O) groups is 1. The van der Waals surface area contributed by atoms with Gasteiger partial charge in [-0.1, -0.05) is 25.2 Å². The van der Waals surface area contributed by atoms with Gasteiger partial charge in [0.05, 0.1) is 0 Å². The summed E-state index contributed by atoms with van der Waals surface area (Å²) in [4.78, 5) is 13.8. The van der Waals surface area contributed by atoms with E-state index >= 15 is 0 Å². The molecule has 0 rings (SSSR count). The molecule has 1 amide bonds. The molecule has 2 atom stereocenters. The number of nitrogens with zero attached hydrogens (tertiary/aromatic N) is 1. The van der Waals surface area contributed by atoms with E-state index in [1.807, 2.05) is 37.8 Å². The zero-order valence-corrected chi connectivity index (χ0v) is 11.1. The molecule has 2 unspecified atom stereocenters. The van der Waals surface area contributed by atoms with Crippen LogP contribution in [0.5, 0.6) is 0 Å². The summed E-state index contributed by atoms with van der Waals surface area (Å²) in [7, 11) is 0. The van der Waals surface area contributed by atoms with Gasteiger partial charge in [0, 0.05) is 19.5 Å². The van der Waals surface area contributed by atoms with Gasteiger partial charge in [0.15, 0.2) is 0 Å². The maximum atomic E-state index is 12.0. The maximum Gasteiger partial charge on any atom is 0.223 e. The van der Waals surface area contributed by atoms with E-state index in [9.17, 15) is 4.79 Å². The maximum absolute atomic E-state index is 12.0. The van der Waals surface area contributed by atoms with E-state index in [0.717, 1.165) is 13.1 Å². The van der Waals surface area contributed by atoms with Crippen LogP contribution in [0.15, 0.2) is 24.8 Å². The topological polar surface area (TPSA) is 20.3 Å². The van der Waals surface area contributed by atoms with E-state index in [1.54, 1.807) is 0 Å². The number of hydrogen-bond acceptors (Lipinski definition) is 1. The molecule has 0 bridgehead atoms. The van der Waals surface area contributed by atoms with Crippen molar-refractivity contribution in [3.8, 4) is 0 Å². The van der Waals surface area contributed by atoms with Crippen molar-refractivity contribution in [2.24, 2.45) is 11.8 Å². The standard InChI is InChI=1S/C14H25NO/c1-6-10-13(12(5)7-2)11-14(16)15(8-3)9-4/h6-7,10,12-13H,2,8-9,11H2,1,3-5H3. The van der Waals surface area contributed by atoms with Gasteiger partial charge in [0.25, 0.3) is 0 Å². The second-order valence-corrected chi connectivity index (χ2v) is 4.05. The zero-order chi connectivity index (χ0) is 12.6. The van der Waals surface area contributed by atoms with E-state index in [1.165, 1.54) is 0 Å². The van der Waals surface area contributed by atoms with Crippen LogP contribution in [-0.2, 0) is 4.79 Å². The van der Waals surface area contributed by atoms with Crippen molar-refractivity contribution in [3.63, 3.8) is 0 Å². The van der Waals surface area contributed by atoms with Crippen molar-refractivity contribution < 1.29 is 4.79 Å². The normalized spacial score (nSPS) is 14.8. The summed E-state index contributed by atoms with van der Waals surface area (Å²) >= 11 is 0. The molecule has 0 fully saturated rings. The fraction of sp³-hybridized carbons (Fsp3) is 0.643. The molecule has 0 aliphatic heterocycles. The first-order chi connectivity index (χ1) is 7.60. The first-order valence-corrected chi connectivity index (χ1v) is 6.13. The van der Waals surface area contributed by atoms with Gasteiger partial charge in [-0.3, -0.25) is 4.79 Å². The molecule has 0 aromatic carbocycles. The highest BCUT2D eigenvalue weighted by Crippen LogP contribution is 2.19. The summed E-state index contributed by atoms with van der Waals surface area (Å²) in [6.07, 6.45) is 6.62. The lowest BCUT2D eigenvalue weighted by Gasteiger charge is -2.23. The fourth-order valence-corrected chi connectivity index (χ4v) is 1.76. The average Bonchev–Trinajstić information content (AvgIpc) is 2.29. The molecule has 0 aromatic rings. The quantitative estimate of drug-likeness (QED) is 0.607. The van der Waals surface area contributed by atoms with Crippen molar-refractivity contribution >= 4 is 5.91 Å². The Kier molecular flexibility index (Phi) is 7.61. The highest BCUT2D eigenvalue weighted by atomic mass is 16.2. The van der Waals surface area contributed by atoms with Crippen molar-refractivity contribution in [2.45, 2.75) is 34.1 Å². The smallest absolute Gasteiger partial charge is 0.223 e. The average molecular weight is 223 g/mol. The molecule has 0 aliphatic carbocycles. The summed E-state index contributed by atoms with van der Waals surface area (Å²) in [5, 5.41) is 0. The van der Waals surface area contributed by atoms with Gasteiger partial charge in [0.1, 0.15) is 0 Å². The predicted octanol–water partition coefficient (Wildman–Crippen LogP) is 3.26. The third-order valence-electron chi connectivity index (χ3n) is 3.01. The lowest BCUT2D eigenvalue weighted by molar-refractivity contribution is -0.131. The number of carbonyl (C=O) groups excluding carboxylic acids is 1. The molecule has 0 radical (unpaired) electrons. The van der Waals surface area contributed by atoms with Gasteiger partial charge in [-0.05, 0) is 32.6 Å². The number of allylic oxidation sites excluding steroid dienone is 3. The third-order valence-corrected chi connectivity index (χ3v) is 3.01. The van der Waals surface area contributed by atoms with Crippen molar-refractivity contribution in [3.05, 3.63) is 24.8 Å². The van der Waals surface area contributed by atoms with Gasteiger partial charge < -0.3 is 4.90 Å². The molecule has 0 heterocycles. The minimum absolute atomic E-state index is 0.238. The van der Waals surface area contributed by atoms with Crippen LogP contribution >= 0.6 is 0 Å². The number of rotatable bonds is 7. The van der Waals surface area contributed by atoms with E-state index in [4.69, 9.17) is 0 Å². The summed E-state index contributed by atoms with van der Waals surface area (Å²) in [5.74, 6) is 0.855.